The largest absolute Gasteiger partial charge is 0.297 e. The normalized spacial score (nSPS) is 11.8. The lowest BCUT2D eigenvalue weighted by molar-refractivity contribution is -0.385. The van der Waals surface area contributed by atoms with E-state index < -0.39 is 40.8 Å². The molecular weight excluding hydrogens is 836 g/mol. The molecule has 0 saturated carbocycles. The maximum absolute atomic E-state index is 14.6. The number of imidazole rings is 2. The Morgan fingerprint density at radius 1 is 0.642 bits per heavy atom. The van der Waals surface area contributed by atoms with E-state index in [0.717, 1.165) is 21.1 Å². The number of nitro groups is 2. The van der Waals surface area contributed by atoms with Gasteiger partial charge in [-0.3, -0.25) is 29.0 Å². The number of sulfone groups is 1. The first kappa shape index (κ1) is 34.1. The zero-order valence-corrected chi connectivity index (χ0v) is 31.3. The Morgan fingerprint density at radius 2 is 1.06 bits per heavy atom. The molecule has 0 aliphatic heterocycles. The molecular formula is C34H22Br2N10O6S. The van der Waals surface area contributed by atoms with Gasteiger partial charge >= 0.3 is 0 Å². The molecule has 0 amide bonds. The third-order valence-corrected chi connectivity index (χ3v) is 11.7. The highest BCUT2D eigenvalue weighted by Gasteiger charge is 2.31. The van der Waals surface area contributed by atoms with Crippen molar-refractivity contribution >= 4 is 64.4 Å². The molecule has 0 unspecified atom stereocenters. The third-order valence-electron chi connectivity index (χ3n) is 8.77. The molecule has 8 aromatic rings. The average Bonchev–Trinajstić information content (AvgIpc) is 3.94. The second-order valence-corrected chi connectivity index (χ2v) is 15.6. The third kappa shape index (κ3) is 5.78. The molecule has 0 N–H and O–H groups in total. The molecule has 16 nitrogen and oxygen atoms in total. The quantitative estimate of drug-likeness (QED) is 0.109. The Hall–Kier alpha value is -6.05. The van der Waals surface area contributed by atoms with Crippen LogP contribution in [0.2, 0.25) is 0 Å². The Balaban J connectivity index is 1.25. The van der Waals surface area contributed by atoms with Gasteiger partial charge in [-0.15, -0.1) is 0 Å². The van der Waals surface area contributed by atoms with Gasteiger partial charge in [-0.1, -0.05) is 0 Å². The Kier molecular flexibility index (Phi) is 8.08. The Labute approximate surface area is 315 Å². The minimum absolute atomic E-state index is 0.124. The SMILES string of the molecule is Cc1c(-n2ccc(-c3cnc4ccc(Br)cn34)n2)cc([N+](=O)[O-])cc1S(=O)(=O)c1cc([N+](=O)[O-])cc(-n2ccc(-c3cnc4ccc(Br)cn34)n2)c1C. The van der Waals surface area contributed by atoms with Crippen molar-refractivity contribution in [3.05, 3.63) is 138 Å². The Morgan fingerprint density at radius 3 is 1.45 bits per heavy atom. The predicted molar refractivity (Wildman–Crippen MR) is 199 cm³/mol. The number of nitrogens with zero attached hydrogens (tertiary/aromatic N) is 10. The van der Waals surface area contributed by atoms with Gasteiger partial charge in [0.2, 0.25) is 9.84 Å². The van der Waals surface area contributed by atoms with Gasteiger partial charge in [0, 0.05) is 58.0 Å². The molecule has 8 rings (SSSR count). The second kappa shape index (κ2) is 12.6. The van der Waals surface area contributed by atoms with E-state index in [1.54, 1.807) is 36.9 Å². The fourth-order valence-electron chi connectivity index (χ4n) is 6.16. The molecule has 19 heteroatoms. The molecule has 2 aromatic carbocycles. The van der Waals surface area contributed by atoms with E-state index in [2.05, 4.69) is 52.0 Å². The van der Waals surface area contributed by atoms with Crippen LogP contribution in [0.1, 0.15) is 11.1 Å². The van der Waals surface area contributed by atoms with Crippen LogP contribution in [0.4, 0.5) is 11.4 Å². The molecule has 0 spiro atoms. The van der Waals surface area contributed by atoms with E-state index in [-0.39, 0.29) is 22.5 Å². The minimum Gasteiger partial charge on any atom is -0.297 e. The maximum atomic E-state index is 14.6. The van der Waals surface area contributed by atoms with Crippen LogP contribution in [0.5, 0.6) is 0 Å². The van der Waals surface area contributed by atoms with Crippen LogP contribution in [-0.4, -0.2) is 56.6 Å². The van der Waals surface area contributed by atoms with Crippen molar-refractivity contribution < 1.29 is 18.3 Å². The number of hydrogen-bond acceptors (Lipinski definition) is 10. The van der Waals surface area contributed by atoms with Gasteiger partial charge in [0.15, 0.2) is 0 Å². The summed E-state index contributed by atoms with van der Waals surface area (Å²) in [6.45, 7) is 3.00. The van der Waals surface area contributed by atoms with Crippen LogP contribution in [0, 0.1) is 34.1 Å². The summed E-state index contributed by atoms with van der Waals surface area (Å²) in [6.07, 6.45) is 10.0. The van der Waals surface area contributed by atoms with Crippen molar-refractivity contribution in [2.75, 3.05) is 0 Å². The van der Waals surface area contributed by atoms with E-state index >= 15 is 0 Å². The van der Waals surface area contributed by atoms with Crippen molar-refractivity contribution in [3.63, 3.8) is 0 Å². The fourth-order valence-corrected chi connectivity index (χ4v) is 8.64. The summed E-state index contributed by atoms with van der Waals surface area (Å²) in [6, 6.07) is 15.0. The monoisotopic (exact) mass is 856 g/mol. The highest BCUT2D eigenvalue weighted by molar-refractivity contribution is 9.10. The maximum Gasteiger partial charge on any atom is 0.272 e. The van der Waals surface area contributed by atoms with Crippen molar-refractivity contribution in [2.24, 2.45) is 0 Å². The van der Waals surface area contributed by atoms with Gasteiger partial charge < -0.3 is 0 Å². The van der Waals surface area contributed by atoms with Gasteiger partial charge in [-0.05, 0) is 93.2 Å². The summed E-state index contributed by atoms with van der Waals surface area (Å²) in [5, 5.41) is 33.6. The summed E-state index contributed by atoms with van der Waals surface area (Å²) in [5.41, 5.74) is 3.03. The first-order valence-electron chi connectivity index (χ1n) is 15.5. The number of aromatic nitrogens is 8. The van der Waals surface area contributed by atoms with Gasteiger partial charge in [0.1, 0.15) is 22.7 Å². The lowest BCUT2D eigenvalue weighted by Gasteiger charge is -2.16. The summed E-state index contributed by atoms with van der Waals surface area (Å²) in [7, 11) is -4.64. The fraction of sp³-hybridized carbons (Fsp3) is 0.0588. The highest BCUT2D eigenvalue weighted by Crippen LogP contribution is 2.37. The van der Waals surface area contributed by atoms with Crippen LogP contribution in [-0.2, 0) is 9.84 Å². The standard InChI is InChI=1S/C34H22Br2N10O6S/c1-19-27(43-9-7-25(39-43)29-15-37-33-5-3-21(35)17-41(29)33)11-23(45(47)48)13-31(19)53(51,52)32-14-24(46(49)50)12-28(20(32)2)44-10-8-26(40-44)30-16-38-34-6-4-22(36)18-42(30)34/h3-18H,1-2H3. The number of hydrogen-bond donors (Lipinski definition) is 0. The zero-order chi connectivity index (χ0) is 37.3. The molecule has 0 atom stereocenters. The van der Waals surface area contributed by atoms with Crippen LogP contribution < -0.4 is 0 Å². The number of fused-ring (bicyclic) bond motifs is 2. The number of benzene rings is 2. The summed E-state index contributed by atoms with van der Waals surface area (Å²) < 4.78 is 37.1. The summed E-state index contributed by atoms with van der Waals surface area (Å²) >= 11 is 6.91. The smallest absolute Gasteiger partial charge is 0.272 e. The summed E-state index contributed by atoms with van der Waals surface area (Å²) in [4.78, 5) is 30.9. The van der Waals surface area contributed by atoms with Gasteiger partial charge in [0.05, 0.1) is 54.8 Å². The van der Waals surface area contributed by atoms with E-state index in [1.807, 2.05) is 45.5 Å². The zero-order valence-electron chi connectivity index (χ0n) is 27.3. The van der Waals surface area contributed by atoms with E-state index in [0.29, 0.717) is 34.1 Å². The lowest BCUT2D eigenvalue weighted by Crippen LogP contribution is -2.12. The molecule has 0 fully saturated rings. The Bertz CT molecular complexity index is 2760. The first-order chi connectivity index (χ1) is 25.3. The topological polar surface area (TPSA) is 191 Å². The number of nitro benzene ring substituents is 2. The van der Waals surface area contributed by atoms with Gasteiger partial charge in [-0.2, -0.15) is 10.2 Å². The van der Waals surface area contributed by atoms with E-state index in [9.17, 15) is 28.6 Å². The van der Waals surface area contributed by atoms with Gasteiger partial charge in [0.25, 0.3) is 11.4 Å². The number of halogens is 2. The molecule has 0 bridgehead atoms. The summed E-state index contributed by atoms with van der Waals surface area (Å²) in [5.74, 6) is 0. The van der Waals surface area contributed by atoms with Crippen molar-refractivity contribution in [3.8, 4) is 34.2 Å². The predicted octanol–water partition coefficient (Wildman–Crippen LogP) is 7.48. The number of pyridine rings is 2. The minimum atomic E-state index is -4.64. The van der Waals surface area contributed by atoms with Crippen molar-refractivity contribution in [1.82, 2.24) is 38.3 Å². The molecule has 0 saturated heterocycles. The number of rotatable bonds is 8. The van der Waals surface area contributed by atoms with Crippen LogP contribution in [0.3, 0.4) is 0 Å². The lowest BCUT2D eigenvalue weighted by atomic mass is 10.1. The number of non-ortho nitro benzene ring substituents is 2. The molecule has 0 radical (unpaired) electrons. The highest BCUT2D eigenvalue weighted by atomic mass is 79.9. The van der Waals surface area contributed by atoms with E-state index in [1.165, 1.54) is 35.3 Å². The van der Waals surface area contributed by atoms with Crippen molar-refractivity contribution in [2.45, 2.75) is 23.6 Å². The van der Waals surface area contributed by atoms with Crippen molar-refractivity contribution in [1.29, 1.82) is 0 Å². The molecule has 0 aliphatic carbocycles. The van der Waals surface area contributed by atoms with E-state index in [4.69, 9.17) is 0 Å². The molecule has 6 aromatic heterocycles. The van der Waals surface area contributed by atoms with Crippen LogP contribution >= 0.6 is 31.9 Å². The van der Waals surface area contributed by atoms with Gasteiger partial charge in [-0.25, -0.2) is 27.7 Å². The second-order valence-electron chi connectivity index (χ2n) is 11.9. The van der Waals surface area contributed by atoms with Crippen LogP contribution in [0.15, 0.2) is 117 Å². The average molecular weight is 858 g/mol. The van der Waals surface area contributed by atoms with Crippen LogP contribution in [0.25, 0.3) is 45.4 Å². The molecule has 0 aliphatic rings. The molecule has 53 heavy (non-hydrogen) atoms. The molecule has 264 valence electrons. The first-order valence-corrected chi connectivity index (χ1v) is 18.6. The molecule has 6 heterocycles.